The average molecular weight is 301 g/mol. The predicted octanol–water partition coefficient (Wildman–Crippen LogP) is 2.03. The summed E-state index contributed by atoms with van der Waals surface area (Å²) in [5, 5.41) is 3.81. The largest absolute Gasteiger partial charge is 0.347 e. The number of halogens is 1. The zero-order chi connectivity index (χ0) is 13.8. The fourth-order valence-corrected chi connectivity index (χ4v) is 3.42. The molecule has 0 spiro atoms. The van der Waals surface area contributed by atoms with Crippen molar-refractivity contribution >= 4 is 35.1 Å². The van der Waals surface area contributed by atoms with Gasteiger partial charge in [-0.1, -0.05) is 18.0 Å². The Balaban J connectivity index is 2.11. The van der Waals surface area contributed by atoms with Gasteiger partial charge in [-0.25, -0.2) is 10.8 Å². The van der Waals surface area contributed by atoms with Gasteiger partial charge in [-0.15, -0.1) is 0 Å². The number of nitrogens with one attached hydrogen (secondary N) is 2. The molecule has 4 N–H and O–H groups in total. The highest BCUT2D eigenvalue weighted by molar-refractivity contribution is 7.99. The predicted molar refractivity (Wildman–Crippen MR) is 79.5 cm³/mol. The monoisotopic (exact) mass is 300 g/mol. The van der Waals surface area contributed by atoms with E-state index in [-0.39, 0.29) is 17.6 Å². The molecule has 2 atom stereocenters. The lowest BCUT2D eigenvalue weighted by Crippen LogP contribution is -2.39. The Bertz CT molecular complexity index is 471. The number of nitrogens with zero attached hydrogens (tertiary/aromatic N) is 1. The molecule has 19 heavy (non-hydrogen) atoms. The van der Waals surface area contributed by atoms with Crippen LogP contribution < -0.4 is 16.6 Å². The van der Waals surface area contributed by atoms with Crippen molar-refractivity contribution in [2.24, 2.45) is 5.84 Å². The topological polar surface area (TPSA) is 80.0 Å². The standard InChI is InChI=1S/C12H17ClN4OS/c1-19-9-4-2-3-8(9)15-12(18)11-7(13)5-6-10(16-11)17-14/h5-6,8-9H,2-4,14H2,1H3,(H,15,18)(H,16,17). The first-order valence-corrected chi connectivity index (χ1v) is 7.79. The molecule has 1 fully saturated rings. The van der Waals surface area contributed by atoms with E-state index in [9.17, 15) is 4.79 Å². The molecule has 1 saturated carbocycles. The van der Waals surface area contributed by atoms with E-state index in [1.807, 2.05) is 0 Å². The minimum atomic E-state index is -0.243. The summed E-state index contributed by atoms with van der Waals surface area (Å²) in [5.41, 5.74) is 2.62. The van der Waals surface area contributed by atoms with Crippen LogP contribution in [0.3, 0.4) is 0 Å². The molecule has 1 aromatic rings. The molecule has 0 saturated heterocycles. The van der Waals surface area contributed by atoms with Crippen LogP contribution in [0.1, 0.15) is 29.8 Å². The van der Waals surface area contributed by atoms with Gasteiger partial charge < -0.3 is 10.7 Å². The molecule has 2 unspecified atom stereocenters. The van der Waals surface area contributed by atoms with Crippen molar-refractivity contribution in [2.75, 3.05) is 11.7 Å². The van der Waals surface area contributed by atoms with Crippen LogP contribution in [0.15, 0.2) is 12.1 Å². The Kier molecular flexibility index (Phi) is 4.90. The molecule has 0 bridgehead atoms. The number of nitrogen functional groups attached to an aromatic ring is 1. The smallest absolute Gasteiger partial charge is 0.271 e. The molecule has 1 amide bonds. The third-order valence-electron chi connectivity index (χ3n) is 3.28. The average Bonchev–Trinajstić information content (AvgIpc) is 2.86. The van der Waals surface area contributed by atoms with Crippen LogP contribution in [0.2, 0.25) is 5.02 Å². The maximum absolute atomic E-state index is 12.2. The summed E-state index contributed by atoms with van der Waals surface area (Å²) in [6.07, 6.45) is 5.35. The van der Waals surface area contributed by atoms with E-state index in [1.165, 1.54) is 0 Å². The lowest BCUT2D eigenvalue weighted by molar-refractivity contribution is 0.0934. The minimum Gasteiger partial charge on any atom is -0.347 e. The summed E-state index contributed by atoms with van der Waals surface area (Å²) >= 11 is 7.80. The van der Waals surface area contributed by atoms with Gasteiger partial charge in [0.15, 0.2) is 0 Å². The number of anilines is 1. The van der Waals surface area contributed by atoms with E-state index in [2.05, 4.69) is 22.0 Å². The molecule has 1 heterocycles. The maximum Gasteiger partial charge on any atom is 0.271 e. The highest BCUT2D eigenvalue weighted by atomic mass is 35.5. The number of hydrogen-bond acceptors (Lipinski definition) is 5. The Morgan fingerprint density at radius 1 is 1.53 bits per heavy atom. The first-order chi connectivity index (χ1) is 9.15. The number of amides is 1. The van der Waals surface area contributed by atoms with Gasteiger partial charge in [0, 0.05) is 11.3 Å². The van der Waals surface area contributed by atoms with Gasteiger partial charge in [-0.2, -0.15) is 11.8 Å². The van der Waals surface area contributed by atoms with Gasteiger partial charge in [-0.05, 0) is 31.2 Å². The molecule has 1 aliphatic rings. The van der Waals surface area contributed by atoms with Crippen molar-refractivity contribution in [3.8, 4) is 0 Å². The zero-order valence-electron chi connectivity index (χ0n) is 10.6. The van der Waals surface area contributed by atoms with Gasteiger partial charge in [-0.3, -0.25) is 4.79 Å². The maximum atomic E-state index is 12.2. The van der Waals surface area contributed by atoms with Crippen LogP contribution in [0.25, 0.3) is 0 Å². The highest BCUT2D eigenvalue weighted by Gasteiger charge is 2.28. The van der Waals surface area contributed by atoms with Crippen molar-refractivity contribution in [2.45, 2.75) is 30.6 Å². The summed E-state index contributed by atoms with van der Waals surface area (Å²) < 4.78 is 0. The fourth-order valence-electron chi connectivity index (χ4n) is 2.29. The van der Waals surface area contributed by atoms with Crippen molar-refractivity contribution in [1.29, 1.82) is 0 Å². The second-order valence-electron chi connectivity index (χ2n) is 4.46. The van der Waals surface area contributed by atoms with Crippen LogP contribution in [0.4, 0.5) is 5.82 Å². The molecule has 104 valence electrons. The van der Waals surface area contributed by atoms with E-state index in [4.69, 9.17) is 17.4 Å². The molecule has 0 aliphatic heterocycles. The Hall–Kier alpha value is -0.980. The number of carbonyl (C=O) groups is 1. The number of aromatic nitrogens is 1. The minimum absolute atomic E-state index is 0.190. The molecular weight excluding hydrogens is 284 g/mol. The van der Waals surface area contributed by atoms with Crippen LogP contribution in [0.5, 0.6) is 0 Å². The van der Waals surface area contributed by atoms with Gasteiger partial charge in [0.25, 0.3) is 5.91 Å². The van der Waals surface area contributed by atoms with Gasteiger partial charge >= 0.3 is 0 Å². The number of hydrogen-bond donors (Lipinski definition) is 3. The normalized spacial score (nSPS) is 22.3. The van der Waals surface area contributed by atoms with Gasteiger partial charge in [0.1, 0.15) is 11.5 Å². The zero-order valence-corrected chi connectivity index (χ0v) is 12.2. The summed E-state index contributed by atoms with van der Waals surface area (Å²) in [7, 11) is 0. The van der Waals surface area contributed by atoms with E-state index in [0.29, 0.717) is 16.1 Å². The Labute approximate surface area is 121 Å². The fraction of sp³-hybridized carbons (Fsp3) is 0.500. The molecule has 1 aromatic heterocycles. The Morgan fingerprint density at radius 2 is 2.32 bits per heavy atom. The van der Waals surface area contributed by atoms with Gasteiger partial charge in [0.05, 0.1) is 5.02 Å². The van der Waals surface area contributed by atoms with E-state index in [1.54, 1.807) is 23.9 Å². The van der Waals surface area contributed by atoms with Gasteiger partial charge in [0.2, 0.25) is 0 Å². The number of rotatable bonds is 4. The molecular formula is C12H17ClN4OS. The summed E-state index contributed by atoms with van der Waals surface area (Å²) in [6.45, 7) is 0. The van der Waals surface area contributed by atoms with E-state index >= 15 is 0 Å². The highest BCUT2D eigenvalue weighted by Crippen LogP contribution is 2.28. The molecule has 7 heteroatoms. The van der Waals surface area contributed by atoms with Crippen molar-refractivity contribution in [3.63, 3.8) is 0 Å². The second-order valence-corrected chi connectivity index (χ2v) is 5.94. The summed E-state index contributed by atoms with van der Waals surface area (Å²) in [5.74, 6) is 5.46. The first kappa shape index (κ1) is 14.4. The molecule has 0 aromatic carbocycles. The second kappa shape index (κ2) is 6.45. The summed E-state index contributed by atoms with van der Waals surface area (Å²) in [6, 6.07) is 3.42. The van der Waals surface area contributed by atoms with Crippen LogP contribution in [-0.4, -0.2) is 28.4 Å². The lowest BCUT2D eigenvalue weighted by Gasteiger charge is -2.19. The first-order valence-electron chi connectivity index (χ1n) is 6.12. The molecule has 2 rings (SSSR count). The number of hydrazine groups is 1. The lowest BCUT2D eigenvalue weighted by atomic mass is 10.2. The van der Waals surface area contributed by atoms with Crippen LogP contribution in [-0.2, 0) is 0 Å². The number of pyridine rings is 1. The molecule has 0 radical (unpaired) electrons. The van der Waals surface area contributed by atoms with E-state index < -0.39 is 0 Å². The van der Waals surface area contributed by atoms with Crippen LogP contribution >= 0.6 is 23.4 Å². The SMILES string of the molecule is CSC1CCCC1NC(=O)c1nc(NN)ccc1Cl. The molecule has 5 nitrogen and oxygen atoms in total. The number of nitrogens with two attached hydrogens (primary N) is 1. The van der Waals surface area contributed by atoms with Crippen molar-refractivity contribution in [3.05, 3.63) is 22.8 Å². The third-order valence-corrected chi connectivity index (χ3v) is 4.76. The summed E-state index contributed by atoms with van der Waals surface area (Å²) in [4.78, 5) is 16.3. The van der Waals surface area contributed by atoms with E-state index in [0.717, 1.165) is 19.3 Å². The quantitative estimate of drug-likeness (QED) is 0.586. The van der Waals surface area contributed by atoms with Crippen molar-refractivity contribution in [1.82, 2.24) is 10.3 Å². The van der Waals surface area contributed by atoms with Crippen molar-refractivity contribution < 1.29 is 4.79 Å². The Morgan fingerprint density at radius 3 is 3.00 bits per heavy atom. The number of thioether (sulfide) groups is 1. The third kappa shape index (κ3) is 3.32. The number of carbonyl (C=O) groups excluding carboxylic acids is 1. The molecule has 1 aliphatic carbocycles. The van der Waals surface area contributed by atoms with Crippen LogP contribution in [0, 0.1) is 0 Å².